The van der Waals surface area contributed by atoms with Crippen LogP contribution in [0.15, 0.2) is 24.4 Å². The van der Waals surface area contributed by atoms with Crippen LogP contribution >= 0.6 is 0 Å². The van der Waals surface area contributed by atoms with E-state index in [9.17, 15) is 23.4 Å². The van der Waals surface area contributed by atoms with Gasteiger partial charge in [0, 0.05) is 23.0 Å². The third-order valence-electron chi connectivity index (χ3n) is 5.90. The van der Waals surface area contributed by atoms with Crippen LogP contribution in [0.1, 0.15) is 98.5 Å². The van der Waals surface area contributed by atoms with Gasteiger partial charge in [0.2, 0.25) is 0 Å². The quantitative estimate of drug-likeness (QED) is 0.530. The van der Waals surface area contributed by atoms with Crippen LogP contribution in [0.25, 0.3) is 5.57 Å². The summed E-state index contributed by atoms with van der Waals surface area (Å²) in [5.41, 5.74) is 3.41. The van der Waals surface area contributed by atoms with Crippen molar-refractivity contribution in [1.29, 1.82) is 0 Å². The molecule has 3 rings (SSSR count). The van der Waals surface area contributed by atoms with Gasteiger partial charge in [-0.1, -0.05) is 33.8 Å². The molecule has 0 fully saturated rings. The molecule has 5 nitrogen and oxygen atoms in total. The van der Waals surface area contributed by atoms with Gasteiger partial charge in [-0.05, 0) is 54.9 Å². The predicted molar refractivity (Wildman–Crippen MR) is 124 cm³/mol. The highest BCUT2D eigenvalue weighted by Gasteiger charge is 2.33. The monoisotopic (exact) mass is 478 g/mol. The summed E-state index contributed by atoms with van der Waals surface area (Å²) in [6.07, 6.45) is -2.78. The Morgan fingerprint density at radius 1 is 1.06 bits per heavy atom. The molecular weight excluding hydrogens is 445 g/mol. The summed E-state index contributed by atoms with van der Waals surface area (Å²) in [5.74, 6) is 0.209. The Kier molecular flexibility index (Phi) is 8.16. The zero-order chi connectivity index (χ0) is 25.2. The molecule has 186 valence electrons. The lowest BCUT2D eigenvalue weighted by Gasteiger charge is -2.29. The van der Waals surface area contributed by atoms with Gasteiger partial charge in [0.15, 0.2) is 0 Å². The zero-order valence-electron chi connectivity index (χ0n) is 20.3. The van der Waals surface area contributed by atoms with Gasteiger partial charge in [-0.15, -0.1) is 0 Å². The van der Waals surface area contributed by atoms with Crippen molar-refractivity contribution in [2.45, 2.75) is 71.8 Å². The second-order valence-electron chi connectivity index (χ2n) is 9.50. The molecule has 0 saturated heterocycles. The fourth-order valence-corrected chi connectivity index (χ4v) is 4.38. The Balaban J connectivity index is 2.31. The Labute approximate surface area is 198 Å². The van der Waals surface area contributed by atoms with Crippen molar-refractivity contribution >= 4 is 5.57 Å². The number of ether oxygens (including phenoxy) is 1. The van der Waals surface area contributed by atoms with Crippen molar-refractivity contribution in [2.75, 3.05) is 13.2 Å². The number of aromatic nitrogens is 2. The summed E-state index contributed by atoms with van der Waals surface area (Å²) in [6.45, 7) is 10.6. The molecule has 2 aromatic heterocycles. The lowest BCUT2D eigenvalue weighted by molar-refractivity contribution is -0.137. The molecule has 8 heteroatoms. The maximum absolute atomic E-state index is 13.1. The van der Waals surface area contributed by atoms with E-state index in [0.29, 0.717) is 48.4 Å². The standard InChI is InChI=1S/C26H33F3N2O3/c1-14(2)12-20-21(16(5)32)22(17-8-10-34-11-9-17)23(24(31-20)15(3)4)25(33)19-7-6-18(13-30-19)26(27,28)29/h6-8,13-16,25,32-33H,9-12H2,1-5H3. The topological polar surface area (TPSA) is 75.5 Å². The van der Waals surface area contributed by atoms with E-state index in [0.717, 1.165) is 23.5 Å². The molecule has 3 heterocycles. The van der Waals surface area contributed by atoms with Crippen LogP contribution < -0.4 is 0 Å². The summed E-state index contributed by atoms with van der Waals surface area (Å²) >= 11 is 0. The fourth-order valence-electron chi connectivity index (χ4n) is 4.38. The number of aliphatic hydroxyl groups is 2. The largest absolute Gasteiger partial charge is 0.417 e. The molecule has 0 saturated carbocycles. The molecule has 2 aromatic rings. The van der Waals surface area contributed by atoms with Crippen LogP contribution in [0.3, 0.4) is 0 Å². The van der Waals surface area contributed by atoms with Crippen LogP contribution in [0.2, 0.25) is 0 Å². The lowest BCUT2D eigenvalue weighted by atomic mass is 9.82. The van der Waals surface area contributed by atoms with Gasteiger partial charge < -0.3 is 14.9 Å². The van der Waals surface area contributed by atoms with Crippen molar-refractivity contribution < 1.29 is 28.1 Å². The molecule has 0 spiro atoms. The normalized spacial score (nSPS) is 16.6. The van der Waals surface area contributed by atoms with E-state index in [1.54, 1.807) is 6.92 Å². The number of pyridine rings is 2. The third kappa shape index (κ3) is 5.67. The first-order valence-electron chi connectivity index (χ1n) is 11.6. The van der Waals surface area contributed by atoms with Gasteiger partial charge in [0.05, 0.1) is 36.3 Å². The molecular formula is C26H33F3N2O3. The molecule has 2 unspecified atom stereocenters. The number of nitrogens with zero attached hydrogens (tertiary/aromatic N) is 2. The van der Waals surface area contributed by atoms with Gasteiger partial charge >= 0.3 is 6.18 Å². The average molecular weight is 479 g/mol. The maximum atomic E-state index is 13.1. The summed E-state index contributed by atoms with van der Waals surface area (Å²) < 4.78 is 44.6. The van der Waals surface area contributed by atoms with Gasteiger partial charge in [-0.3, -0.25) is 9.97 Å². The van der Waals surface area contributed by atoms with Crippen molar-refractivity contribution in [3.05, 3.63) is 63.7 Å². The minimum Gasteiger partial charge on any atom is -0.389 e. The average Bonchev–Trinajstić information content (AvgIpc) is 2.77. The molecule has 2 atom stereocenters. The summed E-state index contributed by atoms with van der Waals surface area (Å²) in [5, 5.41) is 22.3. The second kappa shape index (κ2) is 10.5. The zero-order valence-corrected chi connectivity index (χ0v) is 20.3. The fraction of sp³-hybridized carbons (Fsp3) is 0.538. The van der Waals surface area contributed by atoms with E-state index in [1.165, 1.54) is 6.07 Å². The SMILES string of the molecule is CC(C)Cc1nc(C(C)C)c(C(O)c2ccc(C(F)(F)F)cn2)c(C2=CCOCC2)c1C(C)O. The van der Waals surface area contributed by atoms with E-state index in [2.05, 4.69) is 18.8 Å². The summed E-state index contributed by atoms with van der Waals surface area (Å²) in [4.78, 5) is 8.86. The highest BCUT2D eigenvalue weighted by Crippen LogP contribution is 2.41. The molecule has 0 amide bonds. The molecule has 34 heavy (non-hydrogen) atoms. The minimum atomic E-state index is -4.52. The molecule has 1 aliphatic rings. The van der Waals surface area contributed by atoms with Crippen LogP contribution in [0.4, 0.5) is 13.2 Å². The summed E-state index contributed by atoms with van der Waals surface area (Å²) in [6, 6.07) is 2.12. The van der Waals surface area contributed by atoms with E-state index in [-0.39, 0.29) is 17.5 Å². The Hall–Kier alpha value is -2.29. The van der Waals surface area contributed by atoms with E-state index in [4.69, 9.17) is 9.72 Å². The third-order valence-corrected chi connectivity index (χ3v) is 5.90. The number of aliphatic hydroxyl groups excluding tert-OH is 2. The summed E-state index contributed by atoms with van der Waals surface area (Å²) in [7, 11) is 0. The molecule has 0 radical (unpaired) electrons. The number of alkyl halides is 3. The van der Waals surface area contributed by atoms with Crippen LogP contribution in [0, 0.1) is 5.92 Å². The van der Waals surface area contributed by atoms with Gasteiger partial charge in [0.1, 0.15) is 6.10 Å². The molecule has 1 aliphatic heterocycles. The van der Waals surface area contributed by atoms with Gasteiger partial charge in [0.25, 0.3) is 0 Å². The van der Waals surface area contributed by atoms with E-state index >= 15 is 0 Å². The number of hydrogen-bond donors (Lipinski definition) is 2. The number of rotatable bonds is 7. The highest BCUT2D eigenvalue weighted by molar-refractivity contribution is 5.74. The van der Waals surface area contributed by atoms with Crippen LogP contribution in [-0.2, 0) is 17.3 Å². The Morgan fingerprint density at radius 2 is 1.76 bits per heavy atom. The number of hydrogen-bond acceptors (Lipinski definition) is 5. The molecule has 2 N–H and O–H groups in total. The second-order valence-corrected chi connectivity index (χ2v) is 9.50. The predicted octanol–water partition coefficient (Wildman–Crippen LogP) is 5.76. The van der Waals surface area contributed by atoms with E-state index < -0.39 is 23.9 Å². The Bertz CT molecular complexity index is 1030. The first-order chi connectivity index (χ1) is 15.9. The van der Waals surface area contributed by atoms with Crippen molar-refractivity contribution in [1.82, 2.24) is 9.97 Å². The molecule has 0 bridgehead atoms. The molecule has 0 aliphatic carbocycles. The minimum absolute atomic E-state index is 0.0766. The molecule has 0 aromatic carbocycles. The first-order valence-corrected chi connectivity index (χ1v) is 11.6. The first kappa shape index (κ1) is 26.3. The van der Waals surface area contributed by atoms with Crippen LogP contribution in [0.5, 0.6) is 0 Å². The van der Waals surface area contributed by atoms with Gasteiger partial charge in [-0.2, -0.15) is 13.2 Å². The smallest absolute Gasteiger partial charge is 0.389 e. The maximum Gasteiger partial charge on any atom is 0.417 e. The van der Waals surface area contributed by atoms with Crippen molar-refractivity contribution in [3.63, 3.8) is 0 Å². The lowest BCUT2D eigenvalue weighted by Crippen LogP contribution is -2.20. The highest BCUT2D eigenvalue weighted by atomic mass is 19.4. The van der Waals surface area contributed by atoms with E-state index in [1.807, 2.05) is 19.9 Å². The number of halogens is 3. The van der Waals surface area contributed by atoms with Crippen molar-refractivity contribution in [2.24, 2.45) is 5.92 Å². The Morgan fingerprint density at radius 3 is 2.24 bits per heavy atom. The van der Waals surface area contributed by atoms with Crippen LogP contribution in [-0.4, -0.2) is 33.4 Å². The van der Waals surface area contributed by atoms with Gasteiger partial charge in [-0.25, -0.2) is 0 Å². The van der Waals surface area contributed by atoms with Crippen molar-refractivity contribution in [3.8, 4) is 0 Å².